The molecular weight excluding hydrogens is 248 g/mol. The maximum absolute atomic E-state index is 12.0. The molecule has 0 aliphatic heterocycles. The number of pyridine rings is 2. The van der Waals surface area contributed by atoms with Gasteiger partial charge in [-0.3, -0.25) is 14.2 Å². The third-order valence-electron chi connectivity index (χ3n) is 3.27. The van der Waals surface area contributed by atoms with Gasteiger partial charge in [-0.15, -0.1) is 0 Å². The van der Waals surface area contributed by atoms with Crippen LogP contribution in [0.3, 0.4) is 0 Å². The van der Waals surface area contributed by atoms with Crippen LogP contribution in [0.15, 0.2) is 47.4 Å². The standard InChI is InChI=1S/C14H7ClN2O/c15-8-1-3-12-10(7-8)9-5-6-16-11-2-4-13(18)17(12)14(9)11/h1-7H. The van der Waals surface area contributed by atoms with E-state index in [9.17, 15) is 4.79 Å². The topological polar surface area (TPSA) is 34.4 Å². The van der Waals surface area contributed by atoms with Gasteiger partial charge in [0.1, 0.15) is 0 Å². The van der Waals surface area contributed by atoms with E-state index >= 15 is 0 Å². The molecule has 0 saturated heterocycles. The minimum absolute atomic E-state index is 0.0437. The molecule has 4 rings (SSSR count). The molecule has 0 aliphatic rings. The van der Waals surface area contributed by atoms with E-state index in [1.807, 2.05) is 18.2 Å². The molecule has 4 aromatic rings. The summed E-state index contributed by atoms with van der Waals surface area (Å²) >= 11 is 6.04. The zero-order chi connectivity index (χ0) is 12.3. The van der Waals surface area contributed by atoms with Gasteiger partial charge in [-0.05, 0) is 30.3 Å². The summed E-state index contributed by atoms with van der Waals surface area (Å²) in [6.45, 7) is 0. The van der Waals surface area contributed by atoms with Crippen LogP contribution in [-0.4, -0.2) is 9.38 Å². The highest BCUT2D eigenvalue weighted by molar-refractivity contribution is 6.32. The number of rotatable bonds is 0. The quantitative estimate of drug-likeness (QED) is 0.483. The van der Waals surface area contributed by atoms with Crippen LogP contribution >= 0.6 is 11.6 Å². The molecule has 0 atom stereocenters. The van der Waals surface area contributed by atoms with Crippen LogP contribution in [0.25, 0.3) is 27.3 Å². The van der Waals surface area contributed by atoms with Crippen LogP contribution in [0.5, 0.6) is 0 Å². The Balaban J connectivity index is 2.51. The lowest BCUT2D eigenvalue weighted by Gasteiger charge is -1.97. The molecule has 4 heteroatoms. The molecule has 0 spiro atoms. The minimum atomic E-state index is -0.0437. The average molecular weight is 255 g/mol. The van der Waals surface area contributed by atoms with Crippen molar-refractivity contribution in [1.82, 2.24) is 9.38 Å². The SMILES string of the molecule is O=c1ccc2nccc3c4cc(Cl)ccc4n1c23. The Morgan fingerprint density at radius 2 is 1.94 bits per heavy atom. The van der Waals surface area contributed by atoms with Crippen molar-refractivity contribution in [2.75, 3.05) is 0 Å². The van der Waals surface area contributed by atoms with Crippen molar-refractivity contribution in [3.05, 3.63) is 58.0 Å². The van der Waals surface area contributed by atoms with Crippen molar-refractivity contribution < 1.29 is 0 Å². The van der Waals surface area contributed by atoms with Crippen LogP contribution in [0.4, 0.5) is 0 Å². The van der Waals surface area contributed by atoms with Crippen molar-refractivity contribution in [2.24, 2.45) is 0 Å². The second-order valence-corrected chi connectivity index (χ2v) is 4.70. The predicted octanol–water partition coefficient (Wildman–Crippen LogP) is 3.09. The second kappa shape index (κ2) is 3.21. The Labute approximate surface area is 107 Å². The Hall–Kier alpha value is -2.13. The highest BCUT2D eigenvalue weighted by atomic mass is 35.5. The van der Waals surface area contributed by atoms with Gasteiger partial charge in [0, 0.05) is 28.1 Å². The van der Waals surface area contributed by atoms with Crippen molar-refractivity contribution in [1.29, 1.82) is 0 Å². The number of halogens is 1. The van der Waals surface area contributed by atoms with Gasteiger partial charge in [0.05, 0.1) is 16.6 Å². The predicted molar refractivity (Wildman–Crippen MR) is 72.7 cm³/mol. The van der Waals surface area contributed by atoms with Gasteiger partial charge < -0.3 is 0 Å². The van der Waals surface area contributed by atoms with Gasteiger partial charge in [-0.25, -0.2) is 0 Å². The summed E-state index contributed by atoms with van der Waals surface area (Å²) in [5, 5.41) is 2.66. The number of hydrogen-bond donors (Lipinski definition) is 0. The molecule has 0 amide bonds. The molecular formula is C14H7ClN2O. The van der Waals surface area contributed by atoms with Crippen molar-refractivity contribution in [3.8, 4) is 0 Å². The number of benzene rings is 1. The molecule has 3 heterocycles. The summed E-state index contributed by atoms with van der Waals surface area (Å²) < 4.78 is 1.70. The summed E-state index contributed by atoms with van der Waals surface area (Å²) in [6.07, 6.45) is 1.75. The van der Waals surface area contributed by atoms with Crippen LogP contribution in [-0.2, 0) is 0 Å². The molecule has 0 N–H and O–H groups in total. The molecule has 0 aliphatic carbocycles. The van der Waals surface area contributed by atoms with E-state index < -0.39 is 0 Å². The summed E-state index contributed by atoms with van der Waals surface area (Å²) in [5.74, 6) is 0. The average Bonchev–Trinajstić information content (AvgIpc) is 2.70. The van der Waals surface area contributed by atoms with E-state index in [0.717, 1.165) is 27.3 Å². The molecule has 0 bridgehead atoms. The lowest BCUT2D eigenvalue weighted by atomic mass is 10.2. The van der Waals surface area contributed by atoms with Crippen LogP contribution in [0.1, 0.15) is 0 Å². The van der Waals surface area contributed by atoms with Crippen LogP contribution < -0.4 is 5.56 Å². The van der Waals surface area contributed by atoms with Gasteiger partial charge in [-0.1, -0.05) is 11.6 Å². The van der Waals surface area contributed by atoms with E-state index in [4.69, 9.17) is 11.6 Å². The van der Waals surface area contributed by atoms with Crippen molar-refractivity contribution >= 4 is 38.9 Å². The first kappa shape index (κ1) is 9.85. The summed E-state index contributed by atoms with van der Waals surface area (Å²) in [7, 11) is 0. The summed E-state index contributed by atoms with van der Waals surface area (Å²) in [6, 6.07) is 10.8. The third-order valence-corrected chi connectivity index (χ3v) is 3.51. The lowest BCUT2D eigenvalue weighted by molar-refractivity contribution is 1.17. The first-order chi connectivity index (χ1) is 8.75. The fraction of sp³-hybridized carbons (Fsp3) is 0. The Morgan fingerprint density at radius 1 is 1.06 bits per heavy atom. The number of hydrogen-bond acceptors (Lipinski definition) is 2. The van der Waals surface area contributed by atoms with Crippen LogP contribution in [0, 0.1) is 0 Å². The molecule has 3 aromatic heterocycles. The van der Waals surface area contributed by atoms with E-state index in [1.54, 1.807) is 28.8 Å². The molecule has 0 fully saturated rings. The summed E-state index contributed by atoms with van der Waals surface area (Å²) in [5.41, 5.74) is 2.51. The molecule has 0 saturated carbocycles. The maximum atomic E-state index is 12.0. The van der Waals surface area contributed by atoms with E-state index in [-0.39, 0.29) is 5.56 Å². The lowest BCUT2D eigenvalue weighted by Crippen LogP contribution is -2.10. The maximum Gasteiger partial charge on any atom is 0.255 e. The summed E-state index contributed by atoms with van der Waals surface area (Å²) in [4.78, 5) is 16.3. The van der Waals surface area contributed by atoms with Crippen molar-refractivity contribution in [2.45, 2.75) is 0 Å². The zero-order valence-corrected chi connectivity index (χ0v) is 9.98. The third kappa shape index (κ3) is 1.09. The molecule has 86 valence electrons. The Morgan fingerprint density at radius 3 is 2.83 bits per heavy atom. The molecule has 18 heavy (non-hydrogen) atoms. The van der Waals surface area contributed by atoms with Gasteiger partial charge >= 0.3 is 0 Å². The highest BCUT2D eigenvalue weighted by Gasteiger charge is 2.13. The number of nitrogens with zero attached hydrogens (tertiary/aromatic N) is 2. The minimum Gasteiger partial charge on any atom is -0.274 e. The highest BCUT2D eigenvalue weighted by Crippen LogP contribution is 2.30. The largest absolute Gasteiger partial charge is 0.274 e. The van der Waals surface area contributed by atoms with Gasteiger partial charge in [0.2, 0.25) is 0 Å². The van der Waals surface area contributed by atoms with Gasteiger partial charge in [0.15, 0.2) is 0 Å². The molecule has 0 unspecified atom stereocenters. The van der Waals surface area contributed by atoms with Gasteiger partial charge in [-0.2, -0.15) is 0 Å². The first-order valence-electron chi connectivity index (χ1n) is 5.57. The fourth-order valence-corrected chi connectivity index (χ4v) is 2.71. The molecule has 0 radical (unpaired) electrons. The van der Waals surface area contributed by atoms with E-state index in [0.29, 0.717) is 5.02 Å². The molecule has 3 nitrogen and oxygen atoms in total. The Kier molecular flexibility index (Phi) is 1.76. The number of fused-ring (bicyclic) bond motifs is 3. The van der Waals surface area contributed by atoms with Gasteiger partial charge in [0.25, 0.3) is 5.56 Å². The normalized spacial score (nSPS) is 11.8. The van der Waals surface area contributed by atoms with Crippen molar-refractivity contribution in [3.63, 3.8) is 0 Å². The smallest absolute Gasteiger partial charge is 0.255 e. The first-order valence-corrected chi connectivity index (χ1v) is 5.94. The van der Waals surface area contributed by atoms with E-state index in [2.05, 4.69) is 4.98 Å². The molecule has 1 aromatic carbocycles. The monoisotopic (exact) mass is 254 g/mol. The number of aromatic nitrogens is 2. The zero-order valence-electron chi connectivity index (χ0n) is 9.22. The Bertz CT molecular complexity index is 958. The van der Waals surface area contributed by atoms with E-state index in [1.165, 1.54) is 0 Å². The van der Waals surface area contributed by atoms with Crippen LogP contribution in [0.2, 0.25) is 5.02 Å². The second-order valence-electron chi connectivity index (χ2n) is 4.26. The fourth-order valence-electron chi connectivity index (χ4n) is 2.54.